The average Bonchev–Trinajstić information content (AvgIpc) is 2.58. The van der Waals surface area contributed by atoms with Crippen molar-refractivity contribution in [3.8, 4) is 0 Å². The molecular weight excluding hydrogens is 195 g/mol. The zero-order chi connectivity index (χ0) is 11.0. The number of hydrogen-bond acceptors (Lipinski definition) is 3. The van der Waals surface area contributed by atoms with Gasteiger partial charge in [0.25, 0.3) is 0 Å². The molecule has 0 spiro atoms. The molecule has 1 aromatic carbocycles. The summed E-state index contributed by atoms with van der Waals surface area (Å²) in [5, 5.41) is 9.42. The Labute approximate surface area is 88.3 Å². The minimum Gasteiger partial charge on any atom is -0.397 e. The van der Waals surface area contributed by atoms with Crippen LogP contribution in [0.3, 0.4) is 0 Å². The Morgan fingerprint density at radius 3 is 2.87 bits per heavy atom. The maximum atomic E-state index is 13.2. The highest BCUT2D eigenvalue weighted by Gasteiger charge is 2.22. The second-order valence-electron chi connectivity index (χ2n) is 4.05. The summed E-state index contributed by atoms with van der Waals surface area (Å²) < 4.78 is 13.2. The van der Waals surface area contributed by atoms with Gasteiger partial charge in [0, 0.05) is 13.1 Å². The standard InChI is InChI=1S/C11H15FN2O/c1-7-4-11(10(13)5-9(7)12)14-3-2-8(15)6-14/h4-5,8,15H,2-3,6,13H2,1H3. The number of rotatable bonds is 1. The van der Waals surface area contributed by atoms with E-state index in [-0.39, 0.29) is 11.9 Å². The maximum absolute atomic E-state index is 13.2. The van der Waals surface area contributed by atoms with Gasteiger partial charge in [0.15, 0.2) is 0 Å². The van der Waals surface area contributed by atoms with Gasteiger partial charge in [-0.1, -0.05) is 0 Å². The van der Waals surface area contributed by atoms with E-state index in [2.05, 4.69) is 0 Å². The van der Waals surface area contributed by atoms with Gasteiger partial charge in [-0.2, -0.15) is 0 Å². The predicted octanol–water partition coefficient (Wildman–Crippen LogP) is 1.29. The molecule has 1 aromatic rings. The van der Waals surface area contributed by atoms with Gasteiger partial charge < -0.3 is 15.7 Å². The first kappa shape index (κ1) is 10.2. The third-order valence-electron chi connectivity index (χ3n) is 2.81. The van der Waals surface area contributed by atoms with Crippen molar-refractivity contribution in [1.29, 1.82) is 0 Å². The summed E-state index contributed by atoms with van der Waals surface area (Å²) in [4.78, 5) is 1.99. The smallest absolute Gasteiger partial charge is 0.128 e. The second-order valence-corrected chi connectivity index (χ2v) is 4.05. The third-order valence-corrected chi connectivity index (χ3v) is 2.81. The fraction of sp³-hybridized carbons (Fsp3) is 0.455. The summed E-state index contributed by atoms with van der Waals surface area (Å²) in [6.07, 6.45) is 0.449. The SMILES string of the molecule is Cc1cc(N2CCC(O)C2)c(N)cc1F. The number of aliphatic hydroxyl groups is 1. The topological polar surface area (TPSA) is 49.5 Å². The lowest BCUT2D eigenvalue weighted by atomic mass is 10.1. The Morgan fingerprint density at radius 1 is 1.53 bits per heavy atom. The molecule has 4 heteroatoms. The van der Waals surface area contributed by atoms with Gasteiger partial charge in [0.2, 0.25) is 0 Å². The summed E-state index contributed by atoms with van der Waals surface area (Å²) in [6.45, 7) is 3.07. The van der Waals surface area contributed by atoms with Crippen LogP contribution in [0, 0.1) is 12.7 Å². The maximum Gasteiger partial charge on any atom is 0.128 e. The van der Waals surface area contributed by atoms with Crippen LogP contribution in [0.5, 0.6) is 0 Å². The van der Waals surface area contributed by atoms with Crippen LogP contribution >= 0.6 is 0 Å². The van der Waals surface area contributed by atoms with Crippen molar-refractivity contribution >= 4 is 11.4 Å². The molecule has 1 atom stereocenters. The third kappa shape index (κ3) is 1.90. The molecule has 1 fully saturated rings. The van der Waals surface area contributed by atoms with E-state index in [1.54, 1.807) is 13.0 Å². The lowest BCUT2D eigenvalue weighted by Crippen LogP contribution is -2.22. The molecule has 2 rings (SSSR count). The fourth-order valence-electron chi connectivity index (χ4n) is 1.92. The number of β-amino-alcohol motifs (C(OH)–C–C–N with tert-alkyl or cyclic N) is 1. The van der Waals surface area contributed by atoms with Gasteiger partial charge >= 0.3 is 0 Å². The van der Waals surface area contributed by atoms with E-state index >= 15 is 0 Å². The fourth-order valence-corrected chi connectivity index (χ4v) is 1.92. The van der Waals surface area contributed by atoms with Crippen molar-refractivity contribution in [2.24, 2.45) is 0 Å². The number of benzene rings is 1. The van der Waals surface area contributed by atoms with Crippen molar-refractivity contribution in [3.05, 3.63) is 23.5 Å². The molecule has 0 saturated carbocycles. The monoisotopic (exact) mass is 210 g/mol. The number of nitrogen functional groups attached to an aromatic ring is 1. The Bertz CT molecular complexity index is 381. The predicted molar refractivity (Wildman–Crippen MR) is 58.4 cm³/mol. The van der Waals surface area contributed by atoms with Gasteiger partial charge in [-0.25, -0.2) is 4.39 Å². The second kappa shape index (κ2) is 3.70. The summed E-state index contributed by atoms with van der Waals surface area (Å²) in [5.41, 5.74) is 7.60. The molecule has 1 saturated heterocycles. The van der Waals surface area contributed by atoms with E-state index < -0.39 is 0 Å². The molecule has 3 nitrogen and oxygen atoms in total. The molecule has 82 valence electrons. The van der Waals surface area contributed by atoms with E-state index in [9.17, 15) is 9.50 Å². The van der Waals surface area contributed by atoms with Crippen LogP contribution in [0.25, 0.3) is 0 Å². The molecule has 1 unspecified atom stereocenters. The molecule has 0 radical (unpaired) electrons. The van der Waals surface area contributed by atoms with E-state index in [0.717, 1.165) is 18.7 Å². The summed E-state index contributed by atoms with van der Waals surface area (Å²) in [5.74, 6) is -0.281. The number of nitrogens with zero attached hydrogens (tertiary/aromatic N) is 1. The van der Waals surface area contributed by atoms with E-state index in [1.807, 2.05) is 4.90 Å². The summed E-state index contributed by atoms with van der Waals surface area (Å²) in [6, 6.07) is 3.08. The van der Waals surface area contributed by atoms with Gasteiger partial charge in [0.1, 0.15) is 5.82 Å². The normalized spacial score (nSPS) is 21.0. The highest BCUT2D eigenvalue weighted by Crippen LogP contribution is 2.29. The van der Waals surface area contributed by atoms with Crippen LogP contribution in [0.15, 0.2) is 12.1 Å². The van der Waals surface area contributed by atoms with Crippen LogP contribution in [0.4, 0.5) is 15.8 Å². The van der Waals surface area contributed by atoms with Crippen molar-refractivity contribution in [3.63, 3.8) is 0 Å². The number of halogens is 1. The molecule has 0 bridgehead atoms. The Balaban J connectivity index is 2.32. The summed E-state index contributed by atoms with van der Waals surface area (Å²) >= 11 is 0. The van der Waals surface area contributed by atoms with Gasteiger partial charge in [-0.15, -0.1) is 0 Å². The lowest BCUT2D eigenvalue weighted by molar-refractivity contribution is 0.198. The molecule has 1 aliphatic heterocycles. The van der Waals surface area contributed by atoms with Crippen LogP contribution in [-0.4, -0.2) is 24.3 Å². The van der Waals surface area contributed by atoms with Crippen molar-refractivity contribution in [2.75, 3.05) is 23.7 Å². The number of nitrogens with two attached hydrogens (primary N) is 1. The van der Waals surface area contributed by atoms with Crippen molar-refractivity contribution < 1.29 is 9.50 Å². The van der Waals surface area contributed by atoms with Crippen LogP contribution in [-0.2, 0) is 0 Å². The van der Waals surface area contributed by atoms with E-state index in [4.69, 9.17) is 5.73 Å². The molecule has 0 amide bonds. The Morgan fingerprint density at radius 2 is 2.27 bits per heavy atom. The quantitative estimate of drug-likeness (QED) is 0.687. The van der Waals surface area contributed by atoms with Gasteiger partial charge in [0.05, 0.1) is 17.5 Å². The number of anilines is 2. The number of aliphatic hydroxyl groups excluding tert-OH is 1. The van der Waals surface area contributed by atoms with E-state index in [0.29, 0.717) is 17.8 Å². The lowest BCUT2D eigenvalue weighted by Gasteiger charge is -2.20. The highest BCUT2D eigenvalue weighted by atomic mass is 19.1. The number of aryl methyl sites for hydroxylation is 1. The molecule has 0 aliphatic carbocycles. The Hall–Kier alpha value is -1.29. The van der Waals surface area contributed by atoms with Crippen LogP contribution in [0.1, 0.15) is 12.0 Å². The average molecular weight is 210 g/mol. The molecule has 1 aliphatic rings. The van der Waals surface area contributed by atoms with E-state index in [1.165, 1.54) is 6.07 Å². The largest absolute Gasteiger partial charge is 0.397 e. The molecule has 0 aromatic heterocycles. The molecule has 15 heavy (non-hydrogen) atoms. The minimum absolute atomic E-state index is 0.281. The first-order valence-electron chi connectivity index (χ1n) is 5.06. The number of hydrogen-bond donors (Lipinski definition) is 2. The minimum atomic E-state index is -0.297. The van der Waals surface area contributed by atoms with Gasteiger partial charge in [-0.05, 0) is 31.0 Å². The highest BCUT2D eigenvalue weighted by molar-refractivity contribution is 5.69. The van der Waals surface area contributed by atoms with Gasteiger partial charge in [-0.3, -0.25) is 0 Å². The first-order chi connectivity index (χ1) is 7.08. The van der Waals surface area contributed by atoms with Crippen LogP contribution < -0.4 is 10.6 Å². The van der Waals surface area contributed by atoms with Crippen molar-refractivity contribution in [1.82, 2.24) is 0 Å². The first-order valence-corrected chi connectivity index (χ1v) is 5.06. The molecule has 3 N–H and O–H groups in total. The van der Waals surface area contributed by atoms with Crippen LogP contribution in [0.2, 0.25) is 0 Å². The zero-order valence-electron chi connectivity index (χ0n) is 8.70. The zero-order valence-corrected chi connectivity index (χ0v) is 8.70. The molecule has 1 heterocycles. The van der Waals surface area contributed by atoms with Crippen molar-refractivity contribution in [2.45, 2.75) is 19.4 Å². The summed E-state index contributed by atoms with van der Waals surface area (Å²) in [7, 11) is 0. The Kier molecular flexibility index (Phi) is 2.52. The molecular formula is C11H15FN2O.